The van der Waals surface area contributed by atoms with Gasteiger partial charge in [0.25, 0.3) is 5.91 Å². The lowest BCUT2D eigenvalue weighted by Gasteiger charge is -2.21. The van der Waals surface area contributed by atoms with Gasteiger partial charge >= 0.3 is 0 Å². The molecule has 0 saturated carbocycles. The van der Waals surface area contributed by atoms with Gasteiger partial charge in [-0.05, 0) is 47.5 Å². The quantitative estimate of drug-likeness (QED) is 0.208. The lowest BCUT2D eigenvalue weighted by molar-refractivity contribution is -0.117. The van der Waals surface area contributed by atoms with Crippen LogP contribution >= 0.6 is 11.6 Å². The third-order valence-electron chi connectivity index (χ3n) is 5.62. The van der Waals surface area contributed by atoms with Crippen molar-refractivity contribution >= 4 is 33.6 Å². The van der Waals surface area contributed by atoms with E-state index in [1.54, 1.807) is 12.1 Å². The van der Waals surface area contributed by atoms with Crippen LogP contribution in [0.5, 0.6) is 0 Å². The van der Waals surface area contributed by atoms with Gasteiger partial charge in [-0.25, -0.2) is 8.42 Å². The molecule has 38 heavy (non-hydrogen) atoms. The zero-order chi connectivity index (χ0) is 27.0. The van der Waals surface area contributed by atoms with Crippen LogP contribution in [0.1, 0.15) is 22.6 Å². The Bertz CT molecular complexity index is 1560. The van der Waals surface area contributed by atoms with Crippen LogP contribution in [0.15, 0.2) is 112 Å². The number of nitrogens with one attached hydrogen (secondary N) is 1. The Kier molecular flexibility index (Phi) is 8.77. The molecule has 1 amide bonds. The van der Waals surface area contributed by atoms with Gasteiger partial charge in [0.05, 0.1) is 11.4 Å². The number of nitriles is 1. The SMILES string of the molecule is N#C/C(=C/c1ccc(CN(Cc2ccccc2)S(=O)(=O)c2ccc(Cl)cc2)o1)C(=O)NCc1ccccc1. The third-order valence-corrected chi connectivity index (χ3v) is 7.67. The highest BCUT2D eigenvalue weighted by atomic mass is 35.5. The van der Waals surface area contributed by atoms with Crippen LogP contribution in [-0.4, -0.2) is 18.6 Å². The van der Waals surface area contributed by atoms with E-state index < -0.39 is 15.9 Å². The molecule has 0 saturated heterocycles. The van der Waals surface area contributed by atoms with Crippen LogP contribution < -0.4 is 5.32 Å². The normalized spacial score (nSPS) is 11.8. The number of benzene rings is 3. The number of furan rings is 1. The summed E-state index contributed by atoms with van der Waals surface area (Å²) in [5.74, 6) is 0.0759. The van der Waals surface area contributed by atoms with E-state index in [1.807, 2.05) is 66.7 Å². The topological polar surface area (TPSA) is 103 Å². The van der Waals surface area contributed by atoms with E-state index in [0.717, 1.165) is 11.1 Å². The summed E-state index contributed by atoms with van der Waals surface area (Å²) >= 11 is 5.95. The van der Waals surface area contributed by atoms with Gasteiger partial charge < -0.3 is 9.73 Å². The smallest absolute Gasteiger partial charge is 0.262 e. The van der Waals surface area contributed by atoms with E-state index in [2.05, 4.69) is 5.32 Å². The van der Waals surface area contributed by atoms with Gasteiger partial charge in [0.15, 0.2) is 0 Å². The number of halogens is 1. The summed E-state index contributed by atoms with van der Waals surface area (Å²) in [5, 5.41) is 12.6. The van der Waals surface area contributed by atoms with Crippen LogP contribution in [0.25, 0.3) is 6.08 Å². The molecule has 192 valence electrons. The Morgan fingerprint density at radius 3 is 2.16 bits per heavy atom. The second-order valence-corrected chi connectivity index (χ2v) is 10.7. The fraction of sp³-hybridized carbons (Fsp3) is 0.103. The Morgan fingerprint density at radius 1 is 0.895 bits per heavy atom. The minimum atomic E-state index is -3.90. The summed E-state index contributed by atoms with van der Waals surface area (Å²) in [7, 11) is -3.90. The third kappa shape index (κ3) is 6.99. The monoisotopic (exact) mass is 545 g/mol. The maximum absolute atomic E-state index is 13.5. The maximum Gasteiger partial charge on any atom is 0.262 e. The van der Waals surface area contributed by atoms with Crippen molar-refractivity contribution in [3.05, 3.63) is 130 Å². The lowest BCUT2D eigenvalue weighted by atomic mass is 10.2. The van der Waals surface area contributed by atoms with Crippen molar-refractivity contribution in [1.29, 1.82) is 5.26 Å². The molecule has 0 atom stereocenters. The van der Waals surface area contributed by atoms with Gasteiger partial charge in [-0.2, -0.15) is 9.57 Å². The van der Waals surface area contributed by atoms with Crippen molar-refractivity contribution in [1.82, 2.24) is 9.62 Å². The summed E-state index contributed by atoms with van der Waals surface area (Å²) in [4.78, 5) is 12.6. The highest BCUT2D eigenvalue weighted by Gasteiger charge is 2.26. The molecule has 9 heteroatoms. The van der Waals surface area contributed by atoms with Crippen molar-refractivity contribution in [2.24, 2.45) is 0 Å². The average molecular weight is 546 g/mol. The average Bonchev–Trinajstić information content (AvgIpc) is 3.38. The largest absolute Gasteiger partial charge is 0.460 e. The van der Waals surface area contributed by atoms with Crippen LogP contribution in [0.2, 0.25) is 5.02 Å². The Hall–Kier alpha value is -4.16. The molecule has 0 fully saturated rings. The van der Waals surface area contributed by atoms with Gasteiger partial charge in [-0.15, -0.1) is 0 Å². The zero-order valence-electron chi connectivity index (χ0n) is 20.2. The fourth-order valence-corrected chi connectivity index (χ4v) is 5.18. The predicted octanol–water partition coefficient (Wildman–Crippen LogP) is 5.55. The minimum Gasteiger partial charge on any atom is -0.460 e. The van der Waals surface area contributed by atoms with Gasteiger partial charge in [0, 0.05) is 24.2 Å². The molecule has 0 bridgehead atoms. The molecule has 0 aliphatic rings. The van der Waals surface area contributed by atoms with Crippen LogP contribution in [-0.2, 0) is 34.5 Å². The van der Waals surface area contributed by atoms with Crippen molar-refractivity contribution < 1.29 is 17.6 Å². The summed E-state index contributed by atoms with van der Waals surface area (Å²) in [5.41, 5.74) is 1.58. The summed E-state index contributed by atoms with van der Waals surface area (Å²) < 4.78 is 34.1. The number of hydrogen-bond acceptors (Lipinski definition) is 5. The Morgan fingerprint density at radius 2 is 1.53 bits per heavy atom. The first kappa shape index (κ1) is 26.9. The standard InChI is InChI=1S/C29H24ClN3O4S/c30-25-11-15-28(16-12-25)38(35,36)33(20-23-9-5-2-6-10-23)21-27-14-13-26(37-27)17-24(18-31)29(34)32-19-22-7-3-1-4-8-22/h1-17H,19-21H2,(H,32,34)/b24-17-. The van der Waals surface area contributed by atoms with Gasteiger partial charge in [-0.1, -0.05) is 72.3 Å². The van der Waals surface area contributed by atoms with Crippen molar-refractivity contribution in [3.63, 3.8) is 0 Å². The van der Waals surface area contributed by atoms with E-state index in [9.17, 15) is 18.5 Å². The highest BCUT2D eigenvalue weighted by molar-refractivity contribution is 7.89. The minimum absolute atomic E-state index is 0.0597. The molecule has 1 aromatic heterocycles. The molecule has 0 aliphatic carbocycles. The summed E-state index contributed by atoms with van der Waals surface area (Å²) in [6.07, 6.45) is 1.33. The molecule has 0 aliphatic heterocycles. The first-order valence-corrected chi connectivity index (χ1v) is 13.5. The molecule has 3 aromatic carbocycles. The maximum atomic E-state index is 13.5. The van der Waals surface area contributed by atoms with Crippen molar-refractivity contribution in [2.75, 3.05) is 0 Å². The van der Waals surface area contributed by atoms with Crippen LogP contribution in [0.4, 0.5) is 0 Å². The number of carbonyl (C=O) groups is 1. The molecular formula is C29H24ClN3O4S. The molecule has 1 N–H and O–H groups in total. The lowest BCUT2D eigenvalue weighted by Crippen LogP contribution is -2.30. The number of hydrogen-bond donors (Lipinski definition) is 1. The number of rotatable bonds is 10. The summed E-state index contributed by atoms with van der Waals surface area (Å²) in [6, 6.07) is 29.6. The van der Waals surface area contributed by atoms with Gasteiger partial charge in [0.1, 0.15) is 23.2 Å². The second-order valence-electron chi connectivity index (χ2n) is 8.35. The highest BCUT2D eigenvalue weighted by Crippen LogP contribution is 2.24. The molecule has 0 unspecified atom stereocenters. The van der Waals surface area contributed by atoms with E-state index >= 15 is 0 Å². The molecule has 4 rings (SSSR count). The summed E-state index contributed by atoms with van der Waals surface area (Å²) in [6.45, 7) is 0.331. The second kappa shape index (κ2) is 12.4. The van der Waals surface area contributed by atoms with Crippen molar-refractivity contribution in [3.8, 4) is 6.07 Å². The number of amides is 1. The van der Waals surface area contributed by atoms with E-state index in [1.165, 1.54) is 34.6 Å². The van der Waals surface area contributed by atoms with Gasteiger partial charge in [0.2, 0.25) is 10.0 Å². The van der Waals surface area contributed by atoms with Crippen LogP contribution in [0.3, 0.4) is 0 Å². The molecule has 0 spiro atoms. The van der Waals surface area contributed by atoms with E-state index in [-0.39, 0.29) is 35.9 Å². The van der Waals surface area contributed by atoms with Gasteiger partial charge in [-0.3, -0.25) is 4.79 Å². The van der Waals surface area contributed by atoms with E-state index in [0.29, 0.717) is 10.8 Å². The Labute approximate surface area is 226 Å². The van der Waals surface area contributed by atoms with E-state index in [4.69, 9.17) is 16.0 Å². The Balaban J connectivity index is 1.53. The number of sulfonamides is 1. The molecular weight excluding hydrogens is 522 g/mol. The van der Waals surface area contributed by atoms with Crippen molar-refractivity contribution in [2.45, 2.75) is 24.5 Å². The van der Waals surface area contributed by atoms with Crippen LogP contribution in [0, 0.1) is 11.3 Å². The first-order valence-electron chi connectivity index (χ1n) is 11.7. The molecule has 1 heterocycles. The number of nitrogens with zero attached hydrogens (tertiary/aromatic N) is 2. The zero-order valence-corrected chi connectivity index (χ0v) is 21.8. The molecule has 7 nitrogen and oxygen atoms in total. The predicted molar refractivity (Wildman–Crippen MR) is 145 cm³/mol. The first-order chi connectivity index (χ1) is 18.3. The fourth-order valence-electron chi connectivity index (χ4n) is 3.66. The number of carbonyl (C=O) groups excluding carboxylic acids is 1. The molecule has 0 radical (unpaired) electrons. The molecule has 4 aromatic rings.